The fourth-order valence-electron chi connectivity index (χ4n) is 1.58. The molecule has 0 aliphatic heterocycles. The number of rotatable bonds is 6. The summed E-state index contributed by atoms with van der Waals surface area (Å²) in [7, 11) is 1.31. The number of ether oxygens (including phenoxy) is 1. The van der Waals surface area contributed by atoms with Gasteiger partial charge in [0.2, 0.25) is 5.91 Å². The summed E-state index contributed by atoms with van der Waals surface area (Å²) in [5.41, 5.74) is 5.95. The maximum atomic E-state index is 11.5. The van der Waals surface area contributed by atoms with Crippen LogP contribution in [0, 0.1) is 6.92 Å². The molecule has 0 bridgehead atoms. The molecule has 1 unspecified atom stereocenters. The van der Waals surface area contributed by atoms with Crippen molar-refractivity contribution in [1.82, 2.24) is 5.32 Å². The smallest absolute Gasteiger partial charge is 0.341 e. The van der Waals surface area contributed by atoms with Crippen LogP contribution in [-0.4, -0.2) is 25.0 Å². The van der Waals surface area contributed by atoms with Gasteiger partial charge in [-0.15, -0.1) is 0 Å². The second-order valence-electron chi connectivity index (χ2n) is 4.47. The standard InChI is InChI=1S/C13H20N2O4/c1-8(14)4-5-12(16)15-7-10-6-11(9(2)19-10)13(17)18-3/h6,8H,4-5,7,14H2,1-3H3,(H,15,16). The maximum absolute atomic E-state index is 11.5. The number of esters is 1. The molecule has 1 rings (SSSR count). The van der Waals surface area contributed by atoms with Gasteiger partial charge < -0.3 is 20.2 Å². The van der Waals surface area contributed by atoms with E-state index in [0.29, 0.717) is 29.9 Å². The van der Waals surface area contributed by atoms with Crippen molar-refractivity contribution in [3.63, 3.8) is 0 Å². The highest BCUT2D eigenvalue weighted by Gasteiger charge is 2.15. The lowest BCUT2D eigenvalue weighted by Crippen LogP contribution is -2.25. The topological polar surface area (TPSA) is 94.6 Å². The number of aryl methyl sites for hydroxylation is 1. The zero-order valence-corrected chi connectivity index (χ0v) is 11.5. The molecule has 1 amide bonds. The number of furan rings is 1. The molecular weight excluding hydrogens is 248 g/mol. The maximum Gasteiger partial charge on any atom is 0.341 e. The van der Waals surface area contributed by atoms with Crippen LogP contribution in [0.4, 0.5) is 0 Å². The normalized spacial score (nSPS) is 12.0. The Morgan fingerprint density at radius 2 is 2.21 bits per heavy atom. The molecule has 1 aromatic heterocycles. The highest BCUT2D eigenvalue weighted by atomic mass is 16.5. The van der Waals surface area contributed by atoms with Gasteiger partial charge in [0.05, 0.1) is 13.7 Å². The van der Waals surface area contributed by atoms with Crippen molar-refractivity contribution in [2.24, 2.45) is 5.73 Å². The van der Waals surface area contributed by atoms with E-state index in [1.54, 1.807) is 13.0 Å². The van der Waals surface area contributed by atoms with E-state index >= 15 is 0 Å². The third-order valence-corrected chi connectivity index (χ3v) is 2.66. The Bertz CT molecular complexity index is 451. The van der Waals surface area contributed by atoms with Gasteiger partial charge in [0.25, 0.3) is 0 Å². The van der Waals surface area contributed by atoms with E-state index in [2.05, 4.69) is 10.1 Å². The van der Waals surface area contributed by atoms with E-state index in [4.69, 9.17) is 10.2 Å². The van der Waals surface area contributed by atoms with E-state index in [-0.39, 0.29) is 18.5 Å². The zero-order chi connectivity index (χ0) is 14.4. The summed E-state index contributed by atoms with van der Waals surface area (Å²) in [5, 5.41) is 2.71. The zero-order valence-electron chi connectivity index (χ0n) is 11.5. The molecule has 0 aliphatic carbocycles. The average Bonchev–Trinajstić information content (AvgIpc) is 2.74. The quantitative estimate of drug-likeness (QED) is 0.754. The van der Waals surface area contributed by atoms with Crippen LogP contribution in [0.15, 0.2) is 10.5 Å². The minimum absolute atomic E-state index is 0.00235. The Labute approximate surface area is 112 Å². The molecule has 0 saturated carbocycles. The van der Waals surface area contributed by atoms with Crippen LogP contribution in [0.25, 0.3) is 0 Å². The summed E-state index contributed by atoms with van der Waals surface area (Å²) in [5.74, 6) is 0.459. The minimum Gasteiger partial charge on any atom is -0.465 e. The first kappa shape index (κ1) is 15.2. The van der Waals surface area contributed by atoms with Gasteiger partial charge in [0.15, 0.2) is 0 Å². The first-order valence-electron chi connectivity index (χ1n) is 6.14. The second kappa shape index (κ2) is 6.94. The molecule has 3 N–H and O–H groups in total. The molecule has 6 heteroatoms. The number of amides is 1. The van der Waals surface area contributed by atoms with Crippen LogP contribution < -0.4 is 11.1 Å². The average molecular weight is 268 g/mol. The van der Waals surface area contributed by atoms with Crippen LogP contribution in [0.5, 0.6) is 0 Å². The fourth-order valence-corrected chi connectivity index (χ4v) is 1.58. The third-order valence-electron chi connectivity index (χ3n) is 2.66. The molecule has 1 heterocycles. The Morgan fingerprint density at radius 1 is 1.53 bits per heavy atom. The molecule has 0 aliphatic rings. The van der Waals surface area contributed by atoms with Crippen LogP contribution in [-0.2, 0) is 16.1 Å². The van der Waals surface area contributed by atoms with Gasteiger partial charge in [0, 0.05) is 12.5 Å². The lowest BCUT2D eigenvalue weighted by molar-refractivity contribution is -0.121. The number of hydrogen-bond acceptors (Lipinski definition) is 5. The highest BCUT2D eigenvalue weighted by molar-refractivity contribution is 5.90. The molecule has 0 radical (unpaired) electrons. The third kappa shape index (κ3) is 4.75. The van der Waals surface area contributed by atoms with E-state index in [9.17, 15) is 9.59 Å². The Hall–Kier alpha value is -1.82. The Kier molecular flexibility index (Phi) is 5.57. The van der Waals surface area contributed by atoms with Crippen molar-refractivity contribution in [2.75, 3.05) is 7.11 Å². The SMILES string of the molecule is COC(=O)c1cc(CNC(=O)CCC(C)N)oc1C. The van der Waals surface area contributed by atoms with E-state index in [1.165, 1.54) is 7.11 Å². The summed E-state index contributed by atoms with van der Waals surface area (Å²) in [4.78, 5) is 22.9. The molecule has 1 aromatic rings. The molecule has 0 aromatic carbocycles. The molecular formula is C13H20N2O4. The van der Waals surface area contributed by atoms with Crippen LogP contribution in [0.2, 0.25) is 0 Å². The minimum atomic E-state index is -0.448. The van der Waals surface area contributed by atoms with Gasteiger partial charge in [-0.3, -0.25) is 4.79 Å². The van der Waals surface area contributed by atoms with E-state index in [0.717, 1.165) is 0 Å². The number of carbonyl (C=O) groups excluding carboxylic acids is 2. The van der Waals surface area contributed by atoms with Crippen LogP contribution in [0.3, 0.4) is 0 Å². The molecule has 0 saturated heterocycles. The van der Waals surface area contributed by atoms with Gasteiger partial charge in [-0.2, -0.15) is 0 Å². The molecule has 0 spiro atoms. The van der Waals surface area contributed by atoms with Crippen molar-refractivity contribution < 1.29 is 18.7 Å². The molecule has 6 nitrogen and oxygen atoms in total. The van der Waals surface area contributed by atoms with E-state index in [1.807, 2.05) is 6.92 Å². The largest absolute Gasteiger partial charge is 0.465 e. The summed E-state index contributed by atoms with van der Waals surface area (Å²) in [6.07, 6.45) is 1.01. The summed E-state index contributed by atoms with van der Waals surface area (Å²) >= 11 is 0. The van der Waals surface area contributed by atoms with Crippen molar-refractivity contribution in [2.45, 2.75) is 39.3 Å². The molecule has 106 valence electrons. The van der Waals surface area contributed by atoms with Crippen molar-refractivity contribution >= 4 is 11.9 Å². The highest BCUT2D eigenvalue weighted by Crippen LogP contribution is 2.15. The first-order chi connectivity index (χ1) is 8.93. The summed E-state index contributed by atoms with van der Waals surface area (Å²) in [6, 6.07) is 1.58. The van der Waals surface area contributed by atoms with Gasteiger partial charge in [-0.05, 0) is 26.3 Å². The second-order valence-corrected chi connectivity index (χ2v) is 4.47. The number of methoxy groups -OCH3 is 1. The van der Waals surface area contributed by atoms with Gasteiger partial charge in [-0.1, -0.05) is 0 Å². The number of carbonyl (C=O) groups is 2. The van der Waals surface area contributed by atoms with Gasteiger partial charge >= 0.3 is 5.97 Å². The monoisotopic (exact) mass is 268 g/mol. The molecule has 1 atom stereocenters. The van der Waals surface area contributed by atoms with Gasteiger partial charge in [0.1, 0.15) is 17.1 Å². The predicted octanol–water partition coefficient (Wildman–Crippen LogP) is 1.12. The Morgan fingerprint density at radius 3 is 2.79 bits per heavy atom. The number of hydrogen-bond donors (Lipinski definition) is 2. The Balaban J connectivity index is 2.50. The summed E-state index contributed by atoms with van der Waals surface area (Å²) < 4.78 is 9.99. The lowest BCUT2D eigenvalue weighted by Gasteiger charge is -2.05. The van der Waals surface area contributed by atoms with Crippen LogP contribution in [0.1, 0.15) is 41.6 Å². The molecule has 19 heavy (non-hydrogen) atoms. The van der Waals surface area contributed by atoms with Crippen LogP contribution >= 0.6 is 0 Å². The fraction of sp³-hybridized carbons (Fsp3) is 0.538. The first-order valence-corrected chi connectivity index (χ1v) is 6.14. The van der Waals surface area contributed by atoms with E-state index < -0.39 is 5.97 Å². The predicted molar refractivity (Wildman–Crippen MR) is 69.5 cm³/mol. The lowest BCUT2D eigenvalue weighted by atomic mass is 10.2. The molecule has 0 fully saturated rings. The van der Waals surface area contributed by atoms with Crippen molar-refractivity contribution in [3.8, 4) is 0 Å². The number of nitrogens with two attached hydrogens (primary N) is 1. The van der Waals surface area contributed by atoms with Gasteiger partial charge in [-0.25, -0.2) is 4.79 Å². The number of nitrogens with one attached hydrogen (secondary N) is 1. The van der Waals surface area contributed by atoms with Crippen molar-refractivity contribution in [3.05, 3.63) is 23.2 Å². The summed E-state index contributed by atoms with van der Waals surface area (Å²) in [6.45, 7) is 3.77. The van der Waals surface area contributed by atoms with Crippen molar-refractivity contribution in [1.29, 1.82) is 0 Å².